The van der Waals surface area contributed by atoms with Crippen LogP contribution in [0.15, 0.2) is 35.3 Å². The maximum atomic E-state index is 5.92. The topological polar surface area (TPSA) is 48.9 Å². The number of hydrogen-bond donors (Lipinski definition) is 2. The van der Waals surface area contributed by atoms with Crippen LogP contribution in [-0.2, 0) is 4.74 Å². The lowest BCUT2D eigenvalue weighted by atomic mass is 10.1. The lowest BCUT2D eigenvalue weighted by molar-refractivity contribution is 0.0652. The number of unbranched alkanes of at least 4 members (excludes halogenated alkanes) is 1. The highest BCUT2D eigenvalue weighted by Crippen LogP contribution is 2.15. The van der Waals surface area contributed by atoms with E-state index in [0.29, 0.717) is 0 Å². The molecule has 2 N–H and O–H groups in total. The van der Waals surface area contributed by atoms with Crippen molar-refractivity contribution in [3.63, 3.8) is 0 Å². The maximum absolute atomic E-state index is 5.92. The van der Waals surface area contributed by atoms with E-state index < -0.39 is 0 Å². The van der Waals surface area contributed by atoms with Crippen LogP contribution in [0.4, 0.5) is 0 Å². The first-order chi connectivity index (χ1) is 13.3. The van der Waals surface area contributed by atoms with E-state index in [1.807, 2.05) is 6.07 Å². The molecular formula is C22H39IN4O. The molecule has 5 nitrogen and oxygen atoms in total. The second kappa shape index (κ2) is 16.0. The first-order valence-electron chi connectivity index (χ1n) is 10.7. The van der Waals surface area contributed by atoms with E-state index in [1.165, 1.54) is 50.9 Å². The molecule has 0 amide bonds. The van der Waals surface area contributed by atoms with Crippen molar-refractivity contribution in [1.29, 1.82) is 0 Å². The van der Waals surface area contributed by atoms with Crippen LogP contribution in [-0.4, -0.2) is 56.7 Å². The minimum Gasteiger partial charge on any atom is -0.374 e. The van der Waals surface area contributed by atoms with Gasteiger partial charge in [0.25, 0.3) is 0 Å². The van der Waals surface area contributed by atoms with Gasteiger partial charge in [-0.05, 0) is 71.1 Å². The van der Waals surface area contributed by atoms with Crippen LogP contribution in [0.5, 0.6) is 0 Å². The third kappa shape index (κ3) is 10.6. The molecular weight excluding hydrogens is 463 g/mol. The fourth-order valence-corrected chi connectivity index (χ4v) is 3.35. The molecule has 160 valence electrons. The van der Waals surface area contributed by atoms with Gasteiger partial charge in [0, 0.05) is 26.2 Å². The SMILES string of the molecule is CCNC(=NCCCOC(C)c1ccccc1)NCCCCN1CCCC1.I. The molecule has 0 aliphatic carbocycles. The van der Waals surface area contributed by atoms with Crippen molar-refractivity contribution in [1.82, 2.24) is 15.5 Å². The summed E-state index contributed by atoms with van der Waals surface area (Å²) in [6, 6.07) is 10.4. The van der Waals surface area contributed by atoms with Gasteiger partial charge in [-0.1, -0.05) is 30.3 Å². The summed E-state index contributed by atoms with van der Waals surface area (Å²) < 4.78 is 5.92. The van der Waals surface area contributed by atoms with E-state index in [9.17, 15) is 0 Å². The molecule has 1 aliphatic rings. The monoisotopic (exact) mass is 502 g/mol. The average molecular weight is 502 g/mol. The summed E-state index contributed by atoms with van der Waals surface area (Å²) in [7, 11) is 0. The van der Waals surface area contributed by atoms with E-state index in [0.717, 1.165) is 38.6 Å². The lowest BCUT2D eigenvalue weighted by Gasteiger charge is -2.15. The van der Waals surface area contributed by atoms with Gasteiger partial charge in [-0.15, -0.1) is 24.0 Å². The second-order valence-corrected chi connectivity index (χ2v) is 7.22. The lowest BCUT2D eigenvalue weighted by Crippen LogP contribution is -2.38. The summed E-state index contributed by atoms with van der Waals surface area (Å²) in [6.07, 6.45) is 6.28. The molecule has 1 aliphatic heterocycles. The highest BCUT2D eigenvalue weighted by molar-refractivity contribution is 14.0. The summed E-state index contributed by atoms with van der Waals surface area (Å²) in [6.45, 7) is 11.4. The van der Waals surface area contributed by atoms with E-state index in [2.05, 4.69) is 58.6 Å². The number of benzene rings is 1. The van der Waals surface area contributed by atoms with Gasteiger partial charge in [-0.2, -0.15) is 0 Å². The Labute approximate surface area is 188 Å². The molecule has 0 aromatic heterocycles. The number of guanidine groups is 1. The largest absolute Gasteiger partial charge is 0.374 e. The summed E-state index contributed by atoms with van der Waals surface area (Å²) >= 11 is 0. The third-order valence-electron chi connectivity index (χ3n) is 4.95. The van der Waals surface area contributed by atoms with Gasteiger partial charge < -0.3 is 20.3 Å². The molecule has 6 heteroatoms. The summed E-state index contributed by atoms with van der Waals surface area (Å²) in [5.41, 5.74) is 1.23. The van der Waals surface area contributed by atoms with Gasteiger partial charge in [-0.3, -0.25) is 4.99 Å². The van der Waals surface area contributed by atoms with Crippen LogP contribution in [0.2, 0.25) is 0 Å². The molecule has 0 radical (unpaired) electrons. The number of nitrogens with zero attached hydrogens (tertiary/aromatic N) is 2. The van der Waals surface area contributed by atoms with Crippen molar-refractivity contribution < 1.29 is 4.74 Å². The predicted octanol–water partition coefficient (Wildman–Crippen LogP) is 4.20. The van der Waals surface area contributed by atoms with Crippen LogP contribution in [0.3, 0.4) is 0 Å². The van der Waals surface area contributed by atoms with Crippen molar-refractivity contribution >= 4 is 29.9 Å². The Morgan fingerprint density at radius 3 is 2.57 bits per heavy atom. The van der Waals surface area contributed by atoms with E-state index in [4.69, 9.17) is 4.74 Å². The molecule has 28 heavy (non-hydrogen) atoms. The van der Waals surface area contributed by atoms with Crippen LogP contribution in [0.1, 0.15) is 57.6 Å². The van der Waals surface area contributed by atoms with Crippen molar-refractivity contribution in [3.8, 4) is 0 Å². The second-order valence-electron chi connectivity index (χ2n) is 7.22. The van der Waals surface area contributed by atoms with E-state index in [1.54, 1.807) is 0 Å². The smallest absolute Gasteiger partial charge is 0.191 e. The average Bonchev–Trinajstić information content (AvgIpc) is 3.21. The third-order valence-corrected chi connectivity index (χ3v) is 4.95. The van der Waals surface area contributed by atoms with Gasteiger partial charge in [0.2, 0.25) is 0 Å². The van der Waals surface area contributed by atoms with E-state index >= 15 is 0 Å². The van der Waals surface area contributed by atoms with Gasteiger partial charge in [-0.25, -0.2) is 0 Å². The van der Waals surface area contributed by atoms with Crippen LogP contribution in [0.25, 0.3) is 0 Å². The Balaban J connectivity index is 0.00000392. The Morgan fingerprint density at radius 1 is 1.11 bits per heavy atom. The molecule has 1 saturated heterocycles. The quantitative estimate of drug-likeness (QED) is 0.195. The number of nitrogens with one attached hydrogen (secondary N) is 2. The number of hydrogen-bond acceptors (Lipinski definition) is 3. The number of rotatable bonds is 12. The standard InChI is InChI=1S/C22H38N4O.HI/c1-3-23-22(24-14-7-8-16-26-17-9-10-18-26)25-15-11-19-27-20(2)21-12-5-4-6-13-21;/h4-6,12-13,20H,3,7-11,14-19H2,1-2H3,(H2,23,24,25);1H. The predicted molar refractivity (Wildman–Crippen MR) is 130 cm³/mol. The minimum absolute atomic E-state index is 0. The Morgan fingerprint density at radius 2 is 1.86 bits per heavy atom. The normalized spacial score (nSPS) is 15.9. The molecule has 2 rings (SSSR count). The van der Waals surface area contributed by atoms with Crippen LogP contribution >= 0.6 is 24.0 Å². The molecule has 0 spiro atoms. The fraction of sp³-hybridized carbons (Fsp3) is 0.682. The zero-order valence-electron chi connectivity index (χ0n) is 17.7. The molecule has 1 heterocycles. The summed E-state index contributed by atoms with van der Waals surface area (Å²) in [5, 5.41) is 6.78. The van der Waals surface area contributed by atoms with Crippen molar-refractivity contribution in [3.05, 3.63) is 35.9 Å². The zero-order chi connectivity index (χ0) is 19.2. The number of aliphatic imine (C=N–C) groups is 1. The molecule has 1 aromatic carbocycles. The molecule has 1 fully saturated rings. The van der Waals surface area contributed by atoms with Gasteiger partial charge in [0.05, 0.1) is 6.10 Å². The van der Waals surface area contributed by atoms with Crippen molar-refractivity contribution in [2.45, 2.75) is 52.1 Å². The minimum atomic E-state index is 0. The van der Waals surface area contributed by atoms with Crippen molar-refractivity contribution in [2.75, 3.05) is 45.9 Å². The number of ether oxygens (including phenoxy) is 1. The van der Waals surface area contributed by atoms with Gasteiger partial charge in [0.1, 0.15) is 0 Å². The fourth-order valence-electron chi connectivity index (χ4n) is 3.35. The van der Waals surface area contributed by atoms with Gasteiger partial charge >= 0.3 is 0 Å². The maximum Gasteiger partial charge on any atom is 0.191 e. The number of likely N-dealkylation sites (tertiary alicyclic amines) is 1. The van der Waals surface area contributed by atoms with Crippen LogP contribution < -0.4 is 10.6 Å². The van der Waals surface area contributed by atoms with Crippen LogP contribution in [0, 0.1) is 0 Å². The van der Waals surface area contributed by atoms with E-state index in [-0.39, 0.29) is 30.1 Å². The Hall–Kier alpha value is -0.860. The first kappa shape index (κ1) is 25.2. The Kier molecular flexibility index (Phi) is 14.4. The van der Waals surface area contributed by atoms with Gasteiger partial charge in [0.15, 0.2) is 5.96 Å². The van der Waals surface area contributed by atoms with Crippen molar-refractivity contribution in [2.24, 2.45) is 4.99 Å². The summed E-state index contributed by atoms with van der Waals surface area (Å²) in [5.74, 6) is 0.926. The number of halogens is 1. The summed E-state index contributed by atoms with van der Waals surface area (Å²) in [4.78, 5) is 7.24. The highest BCUT2D eigenvalue weighted by atomic mass is 127. The molecule has 1 unspecified atom stereocenters. The molecule has 0 saturated carbocycles. The first-order valence-corrected chi connectivity index (χ1v) is 10.7. The highest BCUT2D eigenvalue weighted by Gasteiger charge is 2.10. The Bertz CT molecular complexity index is 521. The molecule has 0 bridgehead atoms. The molecule has 1 aromatic rings. The molecule has 1 atom stereocenters. The zero-order valence-corrected chi connectivity index (χ0v) is 20.0.